The van der Waals surface area contributed by atoms with Crippen molar-refractivity contribution in [2.75, 3.05) is 13.2 Å². The monoisotopic (exact) mass is 324 g/mol. The number of carbonyl (C=O) groups is 1. The Morgan fingerprint density at radius 3 is 1.76 bits per heavy atom. The van der Waals surface area contributed by atoms with Crippen molar-refractivity contribution in [1.29, 1.82) is 0 Å². The van der Waals surface area contributed by atoms with Gasteiger partial charge in [0.15, 0.2) is 0 Å². The molecule has 0 aromatic heterocycles. The number of phosphoric acid groups is 1. The Morgan fingerprint density at radius 2 is 1.52 bits per heavy atom. The van der Waals surface area contributed by atoms with Crippen LogP contribution in [0.3, 0.4) is 0 Å². The fourth-order valence-corrected chi connectivity index (χ4v) is 1.87. The van der Waals surface area contributed by atoms with Gasteiger partial charge in [0.1, 0.15) is 0 Å². The van der Waals surface area contributed by atoms with Crippen molar-refractivity contribution in [2.24, 2.45) is 0 Å². The van der Waals surface area contributed by atoms with E-state index in [4.69, 9.17) is 19.0 Å². The predicted molar refractivity (Wildman–Crippen MR) is 83.2 cm³/mol. The Balaban J connectivity index is 0. The van der Waals surface area contributed by atoms with Crippen LogP contribution >= 0.6 is 7.82 Å². The van der Waals surface area contributed by atoms with Crippen molar-refractivity contribution in [2.45, 2.75) is 59.8 Å². The molecule has 0 atom stereocenters. The van der Waals surface area contributed by atoms with Crippen LogP contribution in [-0.4, -0.2) is 29.2 Å². The maximum Gasteiger partial charge on any atom is 0.472 e. The van der Waals surface area contributed by atoms with E-state index in [1.807, 2.05) is 20.8 Å². The predicted octanol–water partition coefficient (Wildman–Crippen LogP) is 4.15. The standard InChI is InChI=1S/C8H19O4P.C6H10O2/c1-3-5-7-11-13(9,10)12-8-6-4-2;1-3-4-5(2)6(7)8/h3-8H2,1-2H3,(H,9,10);4H,3H2,1-2H3,(H,7,8). The van der Waals surface area contributed by atoms with Gasteiger partial charge in [-0.05, 0) is 26.2 Å². The van der Waals surface area contributed by atoms with Gasteiger partial charge >= 0.3 is 13.8 Å². The molecule has 126 valence electrons. The summed E-state index contributed by atoms with van der Waals surface area (Å²) in [5, 5.41) is 8.24. The second-order valence-electron chi connectivity index (χ2n) is 4.44. The fourth-order valence-electron chi connectivity index (χ4n) is 1.08. The van der Waals surface area contributed by atoms with E-state index in [1.54, 1.807) is 13.0 Å². The minimum Gasteiger partial charge on any atom is -0.478 e. The van der Waals surface area contributed by atoms with Gasteiger partial charge in [-0.2, -0.15) is 0 Å². The molecule has 21 heavy (non-hydrogen) atoms. The van der Waals surface area contributed by atoms with Crippen LogP contribution in [0, 0.1) is 0 Å². The molecule has 0 aliphatic heterocycles. The van der Waals surface area contributed by atoms with Crippen LogP contribution in [-0.2, 0) is 18.4 Å². The molecule has 0 rings (SSSR count). The molecule has 0 unspecified atom stereocenters. The van der Waals surface area contributed by atoms with E-state index in [2.05, 4.69) is 0 Å². The lowest BCUT2D eigenvalue weighted by Gasteiger charge is -2.10. The highest BCUT2D eigenvalue weighted by Gasteiger charge is 2.19. The Kier molecular flexibility index (Phi) is 15.4. The number of aliphatic carboxylic acids is 1. The SMILES string of the molecule is CCC=C(C)C(=O)O.CCCCOP(=O)(O)OCCCC. The number of phosphoric ester groups is 1. The highest BCUT2D eigenvalue weighted by atomic mass is 31.2. The lowest BCUT2D eigenvalue weighted by Crippen LogP contribution is -1.98. The zero-order chi connectivity index (χ0) is 16.7. The molecule has 7 heteroatoms. The first-order valence-corrected chi connectivity index (χ1v) is 8.82. The molecular weight excluding hydrogens is 295 g/mol. The smallest absolute Gasteiger partial charge is 0.472 e. The van der Waals surface area contributed by atoms with Crippen molar-refractivity contribution >= 4 is 13.8 Å². The molecule has 0 radical (unpaired) electrons. The van der Waals surface area contributed by atoms with Crippen molar-refractivity contribution in [3.8, 4) is 0 Å². The van der Waals surface area contributed by atoms with E-state index >= 15 is 0 Å². The summed E-state index contributed by atoms with van der Waals surface area (Å²) in [5.74, 6) is -0.827. The van der Waals surface area contributed by atoms with Crippen LogP contribution in [0.15, 0.2) is 11.6 Å². The van der Waals surface area contributed by atoms with E-state index in [1.165, 1.54) is 0 Å². The summed E-state index contributed by atoms with van der Waals surface area (Å²) in [7, 11) is -3.75. The number of allylic oxidation sites excluding steroid dienone is 1. The lowest BCUT2D eigenvalue weighted by molar-refractivity contribution is -0.132. The summed E-state index contributed by atoms with van der Waals surface area (Å²) >= 11 is 0. The molecule has 0 spiro atoms. The largest absolute Gasteiger partial charge is 0.478 e. The minimum absolute atomic E-state index is 0.288. The molecule has 6 nitrogen and oxygen atoms in total. The molecule has 0 amide bonds. The van der Waals surface area contributed by atoms with Crippen molar-refractivity contribution in [3.63, 3.8) is 0 Å². The number of carboxylic acids is 1. The molecule has 0 aliphatic rings. The number of hydrogen-bond donors (Lipinski definition) is 2. The first kappa shape index (κ1) is 22.6. The van der Waals surface area contributed by atoms with Gasteiger partial charge in [-0.1, -0.05) is 39.7 Å². The first-order valence-electron chi connectivity index (χ1n) is 7.32. The van der Waals surface area contributed by atoms with Gasteiger partial charge in [0.05, 0.1) is 13.2 Å². The van der Waals surface area contributed by atoms with E-state index < -0.39 is 13.8 Å². The number of rotatable bonds is 10. The van der Waals surface area contributed by atoms with E-state index in [0.29, 0.717) is 5.57 Å². The van der Waals surface area contributed by atoms with Crippen LogP contribution in [0.1, 0.15) is 59.8 Å². The van der Waals surface area contributed by atoms with Crippen LogP contribution in [0.5, 0.6) is 0 Å². The van der Waals surface area contributed by atoms with E-state index in [0.717, 1.165) is 32.1 Å². The third-order valence-corrected chi connectivity index (χ3v) is 3.37. The van der Waals surface area contributed by atoms with Crippen LogP contribution in [0.2, 0.25) is 0 Å². The summed E-state index contributed by atoms with van der Waals surface area (Å²) in [6.45, 7) is 8.05. The molecule has 0 aromatic rings. The normalized spacial score (nSPS) is 11.8. The zero-order valence-corrected chi connectivity index (χ0v) is 14.4. The van der Waals surface area contributed by atoms with Crippen molar-refractivity contribution in [1.82, 2.24) is 0 Å². The van der Waals surface area contributed by atoms with Gasteiger partial charge in [0.2, 0.25) is 0 Å². The third kappa shape index (κ3) is 17.3. The second kappa shape index (κ2) is 14.3. The Labute approximate surface area is 127 Å². The Hall–Kier alpha value is -0.680. The quantitative estimate of drug-likeness (QED) is 0.356. The van der Waals surface area contributed by atoms with Gasteiger partial charge in [0.25, 0.3) is 0 Å². The van der Waals surface area contributed by atoms with Crippen LogP contribution in [0.25, 0.3) is 0 Å². The molecule has 0 bridgehead atoms. The molecule has 2 N–H and O–H groups in total. The topological polar surface area (TPSA) is 93.1 Å². The van der Waals surface area contributed by atoms with Gasteiger partial charge in [0, 0.05) is 5.57 Å². The summed E-state index contributed by atoms with van der Waals surface area (Å²) < 4.78 is 20.5. The van der Waals surface area contributed by atoms with E-state index in [-0.39, 0.29) is 13.2 Å². The molecule has 0 heterocycles. The third-order valence-electron chi connectivity index (χ3n) is 2.35. The average molecular weight is 324 g/mol. The zero-order valence-electron chi connectivity index (χ0n) is 13.5. The molecule has 0 aromatic carbocycles. The molecule has 0 saturated carbocycles. The lowest BCUT2D eigenvalue weighted by atomic mass is 10.2. The summed E-state index contributed by atoms with van der Waals surface area (Å²) in [5.41, 5.74) is 0.424. The number of unbranched alkanes of at least 4 members (excludes halogenated alkanes) is 2. The summed E-state index contributed by atoms with van der Waals surface area (Å²) in [6.07, 6.45) is 5.91. The van der Waals surface area contributed by atoms with Crippen LogP contribution in [0.4, 0.5) is 0 Å². The summed E-state index contributed by atoms with van der Waals surface area (Å²) in [4.78, 5) is 19.1. The average Bonchev–Trinajstić information content (AvgIpc) is 2.40. The van der Waals surface area contributed by atoms with Gasteiger partial charge in [-0.3, -0.25) is 9.05 Å². The maximum absolute atomic E-state index is 11.1. The fraction of sp³-hybridized carbons (Fsp3) is 0.786. The van der Waals surface area contributed by atoms with Crippen LogP contribution < -0.4 is 0 Å². The first-order chi connectivity index (χ1) is 9.80. The van der Waals surface area contributed by atoms with Crippen molar-refractivity contribution < 1.29 is 28.4 Å². The molecule has 0 fully saturated rings. The highest BCUT2D eigenvalue weighted by Crippen LogP contribution is 2.43. The molecule has 0 aliphatic carbocycles. The van der Waals surface area contributed by atoms with E-state index in [9.17, 15) is 9.36 Å². The Morgan fingerprint density at radius 1 is 1.10 bits per heavy atom. The molecular formula is C14H29O6P. The second-order valence-corrected chi connectivity index (χ2v) is 5.90. The van der Waals surface area contributed by atoms with Crippen molar-refractivity contribution in [3.05, 3.63) is 11.6 Å². The minimum atomic E-state index is -3.75. The van der Waals surface area contributed by atoms with Gasteiger partial charge in [-0.25, -0.2) is 9.36 Å². The summed E-state index contributed by atoms with van der Waals surface area (Å²) in [6, 6.07) is 0. The maximum atomic E-state index is 11.1. The van der Waals surface area contributed by atoms with Gasteiger partial charge < -0.3 is 10.00 Å². The highest BCUT2D eigenvalue weighted by molar-refractivity contribution is 7.47. The Bertz CT molecular complexity index is 326. The van der Waals surface area contributed by atoms with Gasteiger partial charge in [-0.15, -0.1) is 0 Å². The molecule has 0 saturated heterocycles. The number of carboxylic acid groups (broad SMARTS) is 1. The number of hydrogen-bond acceptors (Lipinski definition) is 4.